The molecule has 0 atom stereocenters. The van der Waals surface area contributed by atoms with Gasteiger partial charge in [-0.05, 0) is 48.7 Å². The second-order valence-electron chi connectivity index (χ2n) is 5.28. The number of hydrogen-bond donors (Lipinski definition) is 0. The summed E-state index contributed by atoms with van der Waals surface area (Å²) < 4.78 is 10.4. The standard InChI is InChI=1S/C18H19NO3/c1-21-15-8-6-14(7-9-15)18(20)19-11-3-4-13-5-10-16(22-2)12-17(13)19/h5-10,12H,3-4,11H2,1-2H3. The van der Waals surface area contributed by atoms with Crippen LogP contribution in [0.25, 0.3) is 0 Å². The molecule has 0 saturated carbocycles. The molecule has 1 heterocycles. The summed E-state index contributed by atoms with van der Waals surface area (Å²) in [7, 11) is 3.25. The van der Waals surface area contributed by atoms with Gasteiger partial charge >= 0.3 is 0 Å². The van der Waals surface area contributed by atoms with E-state index >= 15 is 0 Å². The van der Waals surface area contributed by atoms with E-state index in [-0.39, 0.29) is 5.91 Å². The van der Waals surface area contributed by atoms with Gasteiger partial charge in [0.1, 0.15) is 11.5 Å². The second-order valence-corrected chi connectivity index (χ2v) is 5.28. The minimum absolute atomic E-state index is 0.0110. The number of methoxy groups -OCH3 is 2. The molecular formula is C18H19NO3. The van der Waals surface area contributed by atoms with Gasteiger partial charge in [-0.25, -0.2) is 0 Å². The average Bonchev–Trinajstić information content (AvgIpc) is 2.60. The van der Waals surface area contributed by atoms with Gasteiger partial charge in [-0.1, -0.05) is 6.07 Å². The van der Waals surface area contributed by atoms with Crippen molar-refractivity contribution < 1.29 is 14.3 Å². The van der Waals surface area contributed by atoms with Gasteiger partial charge in [0.05, 0.1) is 19.9 Å². The molecule has 114 valence electrons. The third-order valence-corrected chi connectivity index (χ3v) is 3.99. The highest BCUT2D eigenvalue weighted by Gasteiger charge is 2.24. The predicted molar refractivity (Wildman–Crippen MR) is 86.0 cm³/mol. The van der Waals surface area contributed by atoms with Crippen molar-refractivity contribution >= 4 is 11.6 Å². The lowest BCUT2D eigenvalue weighted by atomic mass is 10.0. The third kappa shape index (κ3) is 2.64. The molecule has 0 N–H and O–H groups in total. The van der Waals surface area contributed by atoms with E-state index in [2.05, 4.69) is 0 Å². The lowest BCUT2D eigenvalue weighted by Gasteiger charge is -2.30. The molecule has 0 aromatic heterocycles. The van der Waals surface area contributed by atoms with Gasteiger partial charge in [-0.15, -0.1) is 0 Å². The number of aryl methyl sites for hydroxylation is 1. The Hall–Kier alpha value is -2.49. The van der Waals surface area contributed by atoms with Gasteiger partial charge in [-0.2, -0.15) is 0 Å². The zero-order chi connectivity index (χ0) is 15.5. The zero-order valence-corrected chi connectivity index (χ0v) is 12.8. The molecule has 0 saturated heterocycles. The molecular weight excluding hydrogens is 278 g/mol. The van der Waals surface area contributed by atoms with Crippen molar-refractivity contribution in [2.75, 3.05) is 25.7 Å². The number of amides is 1. The lowest BCUT2D eigenvalue weighted by molar-refractivity contribution is 0.0985. The van der Waals surface area contributed by atoms with Crippen LogP contribution < -0.4 is 14.4 Å². The topological polar surface area (TPSA) is 38.8 Å². The Kier molecular flexibility index (Phi) is 4.00. The molecule has 2 aromatic rings. The van der Waals surface area contributed by atoms with Crippen molar-refractivity contribution in [1.82, 2.24) is 0 Å². The minimum atomic E-state index is 0.0110. The summed E-state index contributed by atoms with van der Waals surface area (Å²) in [6.07, 6.45) is 1.97. The summed E-state index contributed by atoms with van der Waals surface area (Å²) in [4.78, 5) is 14.6. The molecule has 4 nitrogen and oxygen atoms in total. The number of rotatable bonds is 3. The Bertz CT molecular complexity index is 679. The number of anilines is 1. The van der Waals surface area contributed by atoms with E-state index in [9.17, 15) is 4.79 Å². The Morgan fingerprint density at radius 2 is 1.68 bits per heavy atom. The van der Waals surface area contributed by atoms with Crippen LogP contribution in [0.15, 0.2) is 42.5 Å². The first-order valence-electron chi connectivity index (χ1n) is 7.36. The van der Waals surface area contributed by atoms with Crippen molar-refractivity contribution in [3.8, 4) is 11.5 Å². The van der Waals surface area contributed by atoms with Crippen LogP contribution in [0.4, 0.5) is 5.69 Å². The van der Waals surface area contributed by atoms with Gasteiger partial charge in [0.25, 0.3) is 5.91 Å². The maximum Gasteiger partial charge on any atom is 0.258 e. The van der Waals surface area contributed by atoms with Gasteiger partial charge < -0.3 is 14.4 Å². The normalized spacial score (nSPS) is 13.5. The average molecular weight is 297 g/mol. The third-order valence-electron chi connectivity index (χ3n) is 3.99. The zero-order valence-electron chi connectivity index (χ0n) is 12.8. The minimum Gasteiger partial charge on any atom is -0.497 e. The van der Waals surface area contributed by atoms with Crippen LogP contribution >= 0.6 is 0 Å². The maximum atomic E-state index is 12.8. The highest BCUT2D eigenvalue weighted by atomic mass is 16.5. The molecule has 4 heteroatoms. The summed E-state index contributed by atoms with van der Waals surface area (Å²) >= 11 is 0. The van der Waals surface area contributed by atoms with E-state index in [0.29, 0.717) is 5.56 Å². The van der Waals surface area contributed by atoms with Crippen LogP contribution in [0.1, 0.15) is 22.3 Å². The number of carbonyl (C=O) groups is 1. The fraction of sp³-hybridized carbons (Fsp3) is 0.278. The number of carbonyl (C=O) groups excluding carboxylic acids is 1. The van der Waals surface area contributed by atoms with E-state index in [1.54, 1.807) is 26.4 Å². The molecule has 1 aliphatic rings. The number of ether oxygens (including phenoxy) is 2. The summed E-state index contributed by atoms with van der Waals surface area (Å²) in [5.41, 5.74) is 2.80. The Balaban J connectivity index is 1.93. The molecule has 0 radical (unpaired) electrons. The van der Waals surface area contributed by atoms with E-state index < -0.39 is 0 Å². The summed E-state index contributed by atoms with van der Waals surface area (Å²) in [6.45, 7) is 0.727. The number of nitrogens with zero attached hydrogens (tertiary/aromatic N) is 1. The SMILES string of the molecule is COc1ccc(C(=O)N2CCCc3ccc(OC)cc32)cc1. The van der Waals surface area contributed by atoms with Crippen molar-refractivity contribution in [3.05, 3.63) is 53.6 Å². The van der Waals surface area contributed by atoms with Gasteiger partial charge in [-0.3, -0.25) is 4.79 Å². The van der Waals surface area contributed by atoms with E-state index in [0.717, 1.165) is 36.6 Å². The molecule has 1 aliphatic heterocycles. The predicted octanol–water partition coefficient (Wildman–Crippen LogP) is 3.30. The molecule has 0 unspecified atom stereocenters. The Labute approximate surface area is 130 Å². The molecule has 22 heavy (non-hydrogen) atoms. The fourth-order valence-corrected chi connectivity index (χ4v) is 2.78. The first kappa shape index (κ1) is 14.4. The Morgan fingerprint density at radius 1 is 1.00 bits per heavy atom. The molecule has 1 amide bonds. The summed E-state index contributed by atoms with van der Waals surface area (Å²) in [5.74, 6) is 1.53. The van der Waals surface area contributed by atoms with Gasteiger partial charge in [0.2, 0.25) is 0 Å². The molecule has 3 rings (SSSR count). The first-order valence-corrected chi connectivity index (χ1v) is 7.36. The Morgan fingerprint density at radius 3 is 2.36 bits per heavy atom. The molecule has 0 bridgehead atoms. The summed E-state index contributed by atoms with van der Waals surface area (Å²) in [6, 6.07) is 13.1. The molecule has 0 aliphatic carbocycles. The van der Waals surface area contributed by atoms with Gasteiger partial charge in [0.15, 0.2) is 0 Å². The monoisotopic (exact) mass is 297 g/mol. The van der Waals surface area contributed by atoms with Crippen LogP contribution in [-0.2, 0) is 6.42 Å². The van der Waals surface area contributed by atoms with Crippen molar-refractivity contribution in [2.45, 2.75) is 12.8 Å². The van der Waals surface area contributed by atoms with Crippen LogP contribution in [-0.4, -0.2) is 26.7 Å². The number of hydrogen-bond acceptors (Lipinski definition) is 3. The van der Waals surface area contributed by atoms with Crippen LogP contribution in [0, 0.1) is 0 Å². The van der Waals surface area contributed by atoms with E-state index in [1.165, 1.54) is 5.56 Å². The van der Waals surface area contributed by atoms with Gasteiger partial charge in [0, 0.05) is 18.2 Å². The van der Waals surface area contributed by atoms with Crippen LogP contribution in [0.2, 0.25) is 0 Å². The molecule has 0 fully saturated rings. The van der Waals surface area contributed by atoms with Crippen LogP contribution in [0.3, 0.4) is 0 Å². The fourth-order valence-electron chi connectivity index (χ4n) is 2.78. The first-order chi connectivity index (χ1) is 10.7. The maximum absolute atomic E-state index is 12.8. The molecule has 0 spiro atoms. The van der Waals surface area contributed by atoms with Crippen LogP contribution in [0.5, 0.6) is 11.5 Å². The van der Waals surface area contributed by atoms with Crippen molar-refractivity contribution in [2.24, 2.45) is 0 Å². The largest absolute Gasteiger partial charge is 0.497 e. The number of benzene rings is 2. The van der Waals surface area contributed by atoms with E-state index in [1.807, 2.05) is 35.2 Å². The number of fused-ring (bicyclic) bond motifs is 1. The van der Waals surface area contributed by atoms with E-state index in [4.69, 9.17) is 9.47 Å². The van der Waals surface area contributed by atoms with Crippen molar-refractivity contribution in [3.63, 3.8) is 0 Å². The highest BCUT2D eigenvalue weighted by molar-refractivity contribution is 6.06. The van der Waals surface area contributed by atoms with Crippen molar-refractivity contribution in [1.29, 1.82) is 0 Å². The second kappa shape index (κ2) is 6.10. The highest BCUT2D eigenvalue weighted by Crippen LogP contribution is 2.32. The lowest BCUT2D eigenvalue weighted by Crippen LogP contribution is -2.35. The smallest absolute Gasteiger partial charge is 0.258 e. The summed E-state index contributed by atoms with van der Waals surface area (Å²) in [5, 5.41) is 0. The quantitative estimate of drug-likeness (QED) is 0.872. The molecule has 2 aromatic carbocycles.